The molecule has 2 aliphatic rings. The molecule has 1 nitrogen and oxygen atoms in total. The van der Waals surface area contributed by atoms with Crippen molar-refractivity contribution in [3.63, 3.8) is 0 Å². The second-order valence-corrected chi connectivity index (χ2v) is 3.44. The summed E-state index contributed by atoms with van der Waals surface area (Å²) in [6.45, 7) is 0. The van der Waals surface area contributed by atoms with Crippen LogP contribution in [0.5, 0.6) is 0 Å². The van der Waals surface area contributed by atoms with E-state index in [1.807, 2.05) is 0 Å². The minimum atomic E-state index is 0.635. The molecule has 3 unspecified atom stereocenters. The van der Waals surface area contributed by atoms with Crippen LogP contribution < -0.4 is 0 Å². The van der Waals surface area contributed by atoms with Crippen molar-refractivity contribution in [3.05, 3.63) is 0 Å². The Morgan fingerprint density at radius 1 is 1.33 bits per heavy atom. The van der Waals surface area contributed by atoms with Gasteiger partial charge in [0.2, 0.25) is 0 Å². The third kappa shape index (κ3) is 1.10. The van der Waals surface area contributed by atoms with Crippen molar-refractivity contribution in [1.82, 2.24) is 0 Å². The monoisotopic (exact) mass is 144 g/mol. The van der Waals surface area contributed by atoms with E-state index < -0.39 is 0 Å². The van der Waals surface area contributed by atoms with E-state index in [9.17, 15) is 0 Å². The standard InChI is InChI=1S/C7H12OS/c9-4-5-1-2-6-7(3-5)8-6/h5-7,9H,1-4H2. The first-order valence-corrected chi connectivity index (χ1v) is 4.29. The first-order valence-electron chi connectivity index (χ1n) is 3.66. The summed E-state index contributed by atoms with van der Waals surface area (Å²) >= 11 is 4.27. The van der Waals surface area contributed by atoms with E-state index >= 15 is 0 Å². The quantitative estimate of drug-likeness (QED) is 0.434. The van der Waals surface area contributed by atoms with Gasteiger partial charge in [0, 0.05) is 0 Å². The SMILES string of the molecule is SCC1CCC2OC2C1. The van der Waals surface area contributed by atoms with Crippen LogP contribution in [0.25, 0.3) is 0 Å². The predicted molar refractivity (Wildman–Crippen MR) is 39.9 cm³/mol. The van der Waals surface area contributed by atoms with Crippen LogP contribution >= 0.6 is 12.6 Å². The lowest BCUT2D eigenvalue weighted by Crippen LogP contribution is -2.14. The summed E-state index contributed by atoms with van der Waals surface area (Å²) in [4.78, 5) is 0. The van der Waals surface area contributed by atoms with Crippen molar-refractivity contribution < 1.29 is 4.74 Å². The zero-order chi connectivity index (χ0) is 6.27. The third-order valence-corrected chi connectivity index (χ3v) is 2.89. The Balaban J connectivity index is 1.86. The van der Waals surface area contributed by atoms with Crippen LogP contribution in [0.1, 0.15) is 19.3 Å². The highest BCUT2D eigenvalue weighted by atomic mass is 32.1. The first kappa shape index (κ1) is 6.05. The van der Waals surface area contributed by atoms with E-state index in [4.69, 9.17) is 4.74 Å². The van der Waals surface area contributed by atoms with Gasteiger partial charge in [-0.2, -0.15) is 12.6 Å². The highest BCUT2D eigenvalue weighted by Crippen LogP contribution is 2.39. The van der Waals surface area contributed by atoms with Gasteiger partial charge in [0.1, 0.15) is 0 Å². The van der Waals surface area contributed by atoms with E-state index in [0.29, 0.717) is 12.2 Å². The lowest BCUT2D eigenvalue weighted by Gasteiger charge is -2.15. The Hall–Kier alpha value is 0.310. The largest absolute Gasteiger partial charge is 0.370 e. The van der Waals surface area contributed by atoms with Crippen LogP contribution in [0, 0.1) is 5.92 Å². The molecular weight excluding hydrogens is 132 g/mol. The van der Waals surface area contributed by atoms with Gasteiger partial charge in [-0.15, -0.1) is 0 Å². The number of thiol groups is 1. The second kappa shape index (κ2) is 2.17. The van der Waals surface area contributed by atoms with Gasteiger partial charge < -0.3 is 4.74 Å². The summed E-state index contributed by atoms with van der Waals surface area (Å²) < 4.78 is 5.38. The normalized spacial score (nSPS) is 48.3. The summed E-state index contributed by atoms with van der Waals surface area (Å²) in [6.07, 6.45) is 5.19. The van der Waals surface area contributed by atoms with Crippen molar-refractivity contribution in [2.45, 2.75) is 31.5 Å². The Morgan fingerprint density at radius 3 is 2.89 bits per heavy atom. The maximum Gasteiger partial charge on any atom is 0.0844 e. The lowest BCUT2D eigenvalue weighted by atomic mass is 9.91. The van der Waals surface area contributed by atoms with E-state index in [1.54, 1.807) is 0 Å². The molecule has 2 fully saturated rings. The van der Waals surface area contributed by atoms with E-state index in [0.717, 1.165) is 11.7 Å². The van der Waals surface area contributed by atoms with Gasteiger partial charge in [0.15, 0.2) is 0 Å². The van der Waals surface area contributed by atoms with Crippen molar-refractivity contribution in [3.8, 4) is 0 Å². The van der Waals surface area contributed by atoms with Gasteiger partial charge in [0.25, 0.3) is 0 Å². The summed E-state index contributed by atoms with van der Waals surface area (Å²) in [5.74, 6) is 1.89. The molecule has 0 aromatic rings. The average Bonchev–Trinajstić information content (AvgIpc) is 2.64. The minimum Gasteiger partial charge on any atom is -0.370 e. The zero-order valence-electron chi connectivity index (χ0n) is 5.42. The fourth-order valence-electron chi connectivity index (χ4n) is 1.65. The molecule has 1 aliphatic heterocycles. The zero-order valence-corrected chi connectivity index (χ0v) is 6.31. The third-order valence-electron chi connectivity index (χ3n) is 2.37. The van der Waals surface area contributed by atoms with Gasteiger partial charge in [-0.25, -0.2) is 0 Å². The van der Waals surface area contributed by atoms with Gasteiger partial charge >= 0.3 is 0 Å². The summed E-state index contributed by atoms with van der Waals surface area (Å²) in [5, 5.41) is 0. The Morgan fingerprint density at radius 2 is 2.22 bits per heavy atom. The van der Waals surface area contributed by atoms with Gasteiger partial charge in [-0.3, -0.25) is 0 Å². The maximum absolute atomic E-state index is 5.38. The molecule has 9 heavy (non-hydrogen) atoms. The summed E-state index contributed by atoms with van der Waals surface area (Å²) in [5.41, 5.74) is 0. The molecule has 0 radical (unpaired) electrons. The molecule has 0 spiro atoms. The number of ether oxygens (including phenoxy) is 1. The number of fused-ring (bicyclic) bond motifs is 1. The fourth-order valence-corrected chi connectivity index (χ4v) is 1.98. The highest BCUT2D eigenvalue weighted by Gasteiger charge is 2.43. The molecule has 1 saturated heterocycles. The highest BCUT2D eigenvalue weighted by molar-refractivity contribution is 7.80. The molecule has 0 aromatic heterocycles. The van der Waals surface area contributed by atoms with Crippen LogP contribution in [0.4, 0.5) is 0 Å². The molecule has 2 rings (SSSR count). The predicted octanol–water partition coefficient (Wildman–Crippen LogP) is 1.48. The Labute approximate surface area is 61.2 Å². The number of epoxide rings is 1. The fraction of sp³-hybridized carbons (Fsp3) is 1.00. The number of rotatable bonds is 1. The molecular formula is C7H12OS. The van der Waals surface area contributed by atoms with Gasteiger partial charge in [-0.05, 0) is 30.9 Å². The molecule has 52 valence electrons. The van der Waals surface area contributed by atoms with Crippen LogP contribution in [-0.4, -0.2) is 18.0 Å². The van der Waals surface area contributed by atoms with Crippen molar-refractivity contribution in [1.29, 1.82) is 0 Å². The van der Waals surface area contributed by atoms with E-state index in [2.05, 4.69) is 12.6 Å². The number of hydrogen-bond acceptors (Lipinski definition) is 2. The Bertz CT molecular complexity index is 115. The van der Waals surface area contributed by atoms with Crippen LogP contribution in [-0.2, 0) is 4.74 Å². The van der Waals surface area contributed by atoms with Crippen molar-refractivity contribution in [2.24, 2.45) is 5.92 Å². The van der Waals surface area contributed by atoms with Crippen molar-refractivity contribution >= 4 is 12.6 Å². The van der Waals surface area contributed by atoms with Crippen LogP contribution in [0.15, 0.2) is 0 Å². The average molecular weight is 144 g/mol. The summed E-state index contributed by atoms with van der Waals surface area (Å²) in [7, 11) is 0. The second-order valence-electron chi connectivity index (χ2n) is 3.07. The summed E-state index contributed by atoms with van der Waals surface area (Å²) in [6, 6.07) is 0. The van der Waals surface area contributed by atoms with Crippen LogP contribution in [0.3, 0.4) is 0 Å². The molecule has 0 bridgehead atoms. The van der Waals surface area contributed by atoms with E-state index in [1.165, 1.54) is 19.3 Å². The smallest absolute Gasteiger partial charge is 0.0844 e. The van der Waals surface area contributed by atoms with Gasteiger partial charge in [0.05, 0.1) is 12.2 Å². The molecule has 2 heteroatoms. The molecule has 0 N–H and O–H groups in total. The molecule has 1 saturated carbocycles. The van der Waals surface area contributed by atoms with Gasteiger partial charge in [-0.1, -0.05) is 0 Å². The lowest BCUT2D eigenvalue weighted by molar-refractivity contribution is 0.368. The molecule has 1 aliphatic carbocycles. The number of hydrogen-bond donors (Lipinski definition) is 1. The topological polar surface area (TPSA) is 12.5 Å². The molecule has 3 atom stereocenters. The minimum absolute atomic E-state index is 0.635. The molecule has 1 heterocycles. The Kier molecular flexibility index (Phi) is 1.46. The van der Waals surface area contributed by atoms with Crippen molar-refractivity contribution in [2.75, 3.05) is 5.75 Å². The van der Waals surface area contributed by atoms with E-state index in [-0.39, 0.29) is 0 Å². The molecule has 0 amide bonds. The molecule has 0 aromatic carbocycles. The first-order chi connectivity index (χ1) is 4.40. The van der Waals surface area contributed by atoms with Crippen LogP contribution in [0.2, 0.25) is 0 Å². The maximum atomic E-state index is 5.38.